The van der Waals surface area contributed by atoms with E-state index in [-0.39, 0.29) is 11.8 Å². The van der Waals surface area contributed by atoms with E-state index >= 15 is 0 Å². The fourth-order valence-corrected chi connectivity index (χ4v) is 2.63. The number of aryl methyl sites for hydroxylation is 1. The summed E-state index contributed by atoms with van der Waals surface area (Å²) in [7, 11) is 0. The van der Waals surface area contributed by atoms with Gasteiger partial charge in [0, 0.05) is 12.5 Å². The molecule has 0 aliphatic rings. The van der Waals surface area contributed by atoms with Crippen molar-refractivity contribution in [2.24, 2.45) is 0 Å². The fraction of sp³-hybridized carbons (Fsp3) is 0.417. The van der Waals surface area contributed by atoms with E-state index in [0.717, 1.165) is 30.4 Å². The number of rotatable bonds is 7. The maximum absolute atomic E-state index is 10.6. The molecule has 20 heavy (non-hydrogen) atoms. The molecule has 0 bridgehead atoms. The van der Waals surface area contributed by atoms with Crippen molar-refractivity contribution in [3.8, 4) is 0 Å². The van der Waals surface area contributed by atoms with Crippen LogP contribution in [0.1, 0.15) is 25.1 Å². The van der Waals surface area contributed by atoms with E-state index in [9.17, 15) is 4.79 Å². The van der Waals surface area contributed by atoms with Crippen molar-refractivity contribution < 1.29 is 14.3 Å². The van der Waals surface area contributed by atoms with Crippen LogP contribution in [-0.2, 0) is 11.2 Å². The summed E-state index contributed by atoms with van der Waals surface area (Å²) in [5.41, 5.74) is 5.80. The first-order valence-electron chi connectivity index (χ1n) is 6.15. The largest absolute Gasteiger partial charge is 0.481 e. The summed E-state index contributed by atoms with van der Waals surface area (Å²) in [4.78, 5) is 10.6. The molecule has 0 aromatic carbocycles. The van der Waals surface area contributed by atoms with Crippen LogP contribution in [0.4, 0.5) is 5.95 Å². The van der Waals surface area contributed by atoms with Crippen LogP contribution < -0.4 is 5.73 Å². The first-order valence-corrected chi connectivity index (χ1v) is 7.14. The van der Waals surface area contributed by atoms with Gasteiger partial charge in [-0.3, -0.25) is 9.36 Å². The molecule has 1 unspecified atom stereocenters. The van der Waals surface area contributed by atoms with Crippen LogP contribution in [-0.4, -0.2) is 31.6 Å². The second kappa shape index (κ2) is 6.47. The molecule has 0 saturated carbocycles. The number of anilines is 1. The summed E-state index contributed by atoms with van der Waals surface area (Å²) < 4.78 is 7.05. The molecule has 2 rings (SSSR count). The van der Waals surface area contributed by atoms with Gasteiger partial charge in [-0.15, -0.1) is 10.2 Å². The number of furan rings is 1. The second-order valence-electron chi connectivity index (χ2n) is 4.36. The van der Waals surface area contributed by atoms with Gasteiger partial charge in [0.15, 0.2) is 5.16 Å². The zero-order valence-electron chi connectivity index (χ0n) is 11.0. The maximum atomic E-state index is 10.6. The quantitative estimate of drug-likeness (QED) is 0.750. The number of nitrogens with zero attached hydrogens (tertiary/aromatic N) is 3. The van der Waals surface area contributed by atoms with Crippen LogP contribution in [0.3, 0.4) is 0 Å². The SMILES string of the molecule is CC(CCc1ccco1)n1c(N)nnc1SCC(=O)O. The molecule has 2 heterocycles. The van der Waals surface area contributed by atoms with Gasteiger partial charge in [0.1, 0.15) is 5.76 Å². The van der Waals surface area contributed by atoms with Crippen LogP contribution in [0.15, 0.2) is 28.0 Å². The van der Waals surface area contributed by atoms with E-state index < -0.39 is 5.97 Å². The maximum Gasteiger partial charge on any atom is 0.313 e. The Bertz CT molecular complexity index is 567. The average Bonchev–Trinajstić information content (AvgIpc) is 3.03. The summed E-state index contributed by atoms with van der Waals surface area (Å²) in [6.07, 6.45) is 3.21. The van der Waals surface area contributed by atoms with E-state index in [4.69, 9.17) is 15.3 Å². The minimum Gasteiger partial charge on any atom is -0.481 e. The predicted octanol–water partition coefficient (Wildman–Crippen LogP) is 1.82. The van der Waals surface area contributed by atoms with Crippen LogP contribution in [0.5, 0.6) is 0 Å². The Kier molecular flexibility index (Phi) is 4.67. The van der Waals surface area contributed by atoms with Crippen molar-refractivity contribution in [3.05, 3.63) is 24.2 Å². The van der Waals surface area contributed by atoms with Crippen LogP contribution >= 0.6 is 11.8 Å². The molecule has 2 aromatic rings. The highest BCUT2D eigenvalue weighted by molar-refractivity contribution is 7.99. The van der Waals surface area contributed by atoms with E-state index in [1.807, 2.05) is 19.1 Å². The Morgan fingerprint density at radius 1 is 1.60 bits per heavy atom. The number of hydrogen-bond donors (Lipinski definition) is 2. The van der Waals surface area contributed by atoms with Crippen molar-refractivity contribution in [2.45, 2.75) is 31.0 Å². The summed E-state index contributed by atoms with van der Waals surface area (Å²) >= 11 is 1.11. The van der Waals surface area contributed by atoms with Gasteiger partial charge in [0.05, 0.1) is 12.0 Å². The van der Waals surface area contributed by atoms with Crippen molar-refractivity contribution in [3.63, 3.8) is 0 Å². The van der Waals surface area contributed by atoms with Crippen molar-refractivity contribution in [1.29, 1.82) is 0 Å². The van der Waals surface area contributed by atoms with Crippen molar-refractivity contribution in [2.75, 3.05) is 11.5 Å². The molecule has 0 fully saturated rings. The van der Waals surface area contributed by atoms with Crippen molar-refractivity contribution >= 4 is 23.7 Å². The number of nitrogens with two attached hydrogens (primary N) is 1. The molecule has 0 spiro atoms. The fourth-order valence-electron chi connectivity index (χ4n) is 1.86. The predicted molar refractivity (Wildman–Crippen MR) is 74.5 cm³/mol. The van der Waals surface area contributed by atoms with Gasteiger partial charge in [-0.2, -0.15) is 0 Å². The number of hydrogen-bond acceptors (Lipinski definition) is 6. The monoisotopic (exact) mass is 296 g/mol. The van der Waals surface area contributed by atoms with Gasteiger partial charge in [-0.25, -0.2) is 0 Å². The van der Waals surface area contributed by atoms with Crippen LogP contribution in [0, 0.1) is 0 Å². The normalized spacial score (nSPS) is 12.4. The number of thioether (sulfide) groups is 1. The number of carboxylic acids is 1. The molecule has 7 nitrogen and oxygen atoms in total. The van der Waals surface area contributed by atoms with Gasteiger partial charge in [-0.1, -0.05) is 11.8 Å². The molecule has 2 aromatic heterocycles. The highest BCUT2D eigenvalue weighted by atomic mass is 32.2. The molecule has 0 saturated heterocycles. The standard InChI is InChI=1S/C12H16N4O3S/c1-8(4-5-9-3-2-6-19-9)16-11(13)14-15-12(16)20-7-10(17)18/h2-3,6,8H,4-5,7H2,1H3,(H2,13,14)(H,17,18). The van der Waals surface area contributed by atoms with Crippen molar-refractivity contribution in [1.82, 2.24) is 14.8 Å². The van der Waals surface area contributed by atoms with Gasteiger partial charge >= 0.3 is 5.97 Å². The van der Waals surface area contributed by atoms with Crippen LogP contribution in [0.25, 0.3) is 0 Å². The first-order chi connectivity index (χ1) is 9.58. The van der Waals surface area contributed by atoms with E-state index in [1.165, 1.54) is 0 Å². The van der Waals surface area contributed by atoms with Gasteiger partial charge in [0.2, 0.25) is 5.95 Å². The Balaban J connectivity index is 2.02. The first kappa shape index (κ1) is 14.4. The topological polar surface area (TPSA) is 107 Å². The lowest BCUT2D eigenvalue weighted by Crippen LogP contribution is -2.12. The molecular formula is C12H16N4O3S. The van der Waals surface area contributed by atoms with Crippen LogP contribution in [0.2, 0.25) is 0 Å². The summed E-state index contributed by atoms with van der Waals surface area (Å²) in [6, 6.07) is 3.83. The molecule has 0 aliphatic carbocycles. The number of aromatic nitrogens is 3. The minimum absolute atomic E-state index is 0.0615. The Morgan fingerprint density at radius 2 is 2.40 bits per heavy atom. The Hall–Kier alpha value is -1.96. The van der Waals surface area contributed by atoms with Gasteiger partial charge < -0.3 is 15.3 Å². The molecule has 0 radical (unpaired) electrons. The lowest BCUT2D eigenvalue weighted by molar-refractivity contribution is -0.133. The highest BCUT2D eigenvalue weighted by Gasteiger charge is 2.17. The lowest BCUT2D eigenvalue weighted by Gasteiger charge is -2.15. The molecule has 108 valence electrons. The molecule has 0 amide bonds. The summed E-state index contributed by atoms with van der Waals surface area (Å²) in [6.45, 7) is 1.99. The zero-order chi connectivity index (χ0) is 14.5. The molecule has 1 atom stereocenters. The Labute approximate surface area is 120 Å². The number of carboxylic acid groups (broad SMARTS) is 1. The molecular weight excluding hydrogens is 280 g/mol. The number of nitrogen functional groups attached to an aromatic ring is 1. The lowest BCUT2D eigenvalue weighted by atomic mass is 10.1. The summed E-state index contributed by atoms with van der Waals surface area (Å²) in [5, 5.41) is 17.0. The third-order valence-corrected chi connectivity index (χ3v) is 3.77. The molecule has 3 N–H and O–H groups in total. The average molecular weight is 296 g/mol. The smallest absolute Gasteiger partial charge is 0.313 e. The third-order valence-electron chi connectivity index (χ3n) is 2.85. The Morgan fingerprint density at radius 3 is 3.05 bits per heavy atom. The minimum atomic E-state index is -0.897. The molecule has 8 heteroatoms. The van der Waals surface area contributed by atoms with Gasteiger partial charge in [0.25, 0.3) is 0 Å². The highest BCUT2D eigenvalue weighted by Crippen LogP contribution is 2.25. The van der Waals surface area contributed by atoms with E-state index in [1.54, 1.807) is 10.8 Å². The zero-order valence-corrected chi connectivity index (χ0v) is 11.8. The number of carbonyl (C=O) groups is 1. The number of aliphatic carboxylic acids is 1. The van der Waals surface area contributed by atoms with E-state index in [0.29, 0.717) is 11.1 Å². The van der Waals surface area contributed by atoms with E-state index in [2.05, 4.69) is 10.2 Å². The molecule has 0 aliphatic heterocycles. The third kappa shape index (κ3) is 3.53. The summed E-state index contributed by atoms with van der Waals surface area (Å²) in [5.74, 6) is 0.239. The van der Waals surface area contributed by atoms with Gasteiger partial charge in [-0.05, 0) is 25.5 Å². The second-order valence-corrected chi connectivity index (χ2v) is 5.30.